The van der Waals surface area contributed by atoms with E-state index >= 15 is 0 Å². The number of carboxylic acid groups (broad SMARTS) is 1. The lowest BCUT2D eigenvalue weighted by Gasteiger charge is -2.06. The number of carboxylic acids is 1. The van der Waals surface area contributed by atoms with Crippen molar-refractivity contribution in [2.24, 2.45) is 0 Å². The van der Waals surface area contributed by atoms with Crippen molar-refractivity contribution in [3.8, 4) is 5.75 Å². The Hall–Kier alpha value is -2.16. The van der Waals surface area contributed by atoms with E-state index in [2.05, 4.69) is 10.3 Å². The third kappa shape index (κ3) is 3.23. The SMILES string of the molecule is O=C(Nc1cccc(C(=O)O)n1)c1ccc(I)c(O)c1. The van der Waals surface area contributed by atoms with Gasteiger partial charge in [-0.25, -0.2) is 9.78 Å². The van der Waals surface area contributed by atoms with Crippen molar-refractivity contribution in [3.05, 3.63) is 51.2 Å². The molecule has 0 saturated heterocycles. The van der Waals surface area contributed by atoms with Crippen LogP contribution in [0.3, 0.4) is 0 Å². The monoisotopic (exact) mass is 384 g/mol. The molecule has 1 aromatic carbocycles. The number of hydrogen-bond donors (Lipinski definition) is 3. The van der Waals surface area contributed by atoms with Crippen LogP contribution in [0, 0.1) is 3.57 Å². The molecule has 1 aromatic heterocycles. The Morgan fingerprint density at radius 1 is 1.20 bits per heavy atom. The lowest BCUT2D eigenvalue weighted by molar-refractivity contribution is 0.0690. The first-order chi connectivity index (χ1) is 9.47. The first-order valence-electron chi connectivity index (χ1n) is 5.47. The van der Waals surface area contributed by atoms with Crippen LogP contribution in [-0.2, 0) is 0 Å². The number of aromatic hydroxyl groups is 1. The minimum atomic E-state index is -1.17. The van der Waals surface area contributed by atoms with E-state index in [0.29, 0.717) is 3.57 Å². The predicted molar refractivity (Wildman–Crippen MR) is 80.0 cm³/mol. The van der Waals surface area contributed by atoms with Gasteiger partial charge in [0.2, 0.25) is 0 Å². The van der Waals surface area contributed by atoms with Gasteiger partial charge in [-0.15, -0.1) is 0 Å². The molecule has 0 fully saturated rings. The molecule has 0 radical (unpaired) electrons. The van der Waals surface area contributed by atoms with E-state index in [-0.39, 0.29) is 22.8 Å². The molecular formula is C13H9IN2O4. The van der Waals surface area contributed by atoms with Crippen LogP contribution in [0.5, 0.6) is 5.75 Å². The van der Waals surface area contributed by atoms with Crippen LogP contribution < -0.4 is 5.32 Å². The summed E-state index contributed by atoms with van der Waals surface area (Å²) >= 11 is 1.94. The smallest absolute Gasteiger partial charge is 0.354 e. The number of benzene rings is 1. The molecule has 0 saturated carbocycles. The summed E-state index contributed by atoms with van der Waals surface area (Å²) < 4.78 is 0.630. The van der Waals surface area contributed by atoms with Gasteiger partial charge >= 0.3 is 5.97 Å². The van der Waals surface area contributed by atoms with Crippen LogP contribution >= 0.6 is 22.6 Å². The number of pyridine rings is 1. The highest BCUT2D eigenvalue weighted by molar-refractivity contribution is 14.1. The van der Waals surface area contributed by atoms with Crippen LogP contribution in [0.15, 0.2) is 36.4 Å². The van der Waals surface area contributed by atoms with Crippen LogP contribution in [-0.4, -0.2) is 27.1 Å². The summed E-state index contributed by atoms with van der Waals surface area (Å²) in [6, 6.07) is 8.78. The van der Waals surface area contributed by atoms with Gasteiger partial charge in [0, 0.05) is 5.56 Å². The second kappa shape index (κ2) is 5.87. The van der Waals surface area contributed by atoms with Crippen molar-refractivity contribution in [2.75, 3.05) is 5.32 Å². The van der Waals surface area contributed by atoms with Crippen molar-refractivity contribution >= 4 is 40.3 Å². The zero-order valence-corrected chi connectivity index (χ0v) is 12.2. The van der Waals surface area contributed by atoms with Crippen LogP contribution in [0.2, 0.25) is 0 Å². The Morgan fingerprint density at radius 2 is 1.95 bits per heavy atom. The fraction of sp³-hybridized carbons (Fsp3) is 0. The quantitative estimate of drug-likeness (QED) is 0.706. The number of hydrogen-bond acceptors (Lipinski definition) is 4. The molecule has 1 amide bonds. The summed E-state index contributed by atoms with van der Waals surface area (Å²) in [6.45, 7) is 0. The standard InChI is InChI=1S/C13H9IN2O4/c14-8-5-4-7(6-10(8)17)12(18)16-11-3-1-2-9(15-11)13(19)20/h1-6,17H,(H,19,20)(H,15,16,18). The van der Waals surface area contributed by atoms with E-state index in [0.717, 1.165) is 0 Å². The van der Waals surface area contributed by atoms with Gasteiger partial charge in [-0.1, -0.05) is 6.07 Å². The second-order valence-electron chi connectivity index (χ2n) is 3.83. The van der Waals surface area contributed by atoms with Crippen LogP contribution in [0.1, 0.15) is 20.8 Å². The van der Waals surface area contributed by atoms with Crippen molar-refractivity contribution in [1.29, 1.82) is 0 Å². The van der Waals surface area contributed by atoms with E-state index in [4.69, 9.17) is 5.11 Å². The van der Waals surface area contributed by atoms with E-state index in [1.54, 1.807) is 12.1 Å². The minimum absolute atomic E-state index is 0.00509. The number of aromatic carboxylic acids is 1. The van der Waals surface area contributed by atoms with E-state index in [1.165, 1.54) is 24.3 Å². The Morgan fingerprint density at radius 3 is 2.60 bits per heavy atom. The largest absolute Gasteiger partial charge is 0.507 e. The lowest BCUT2D eigenvalue weighted by Crippen LogP contribution is -2.14. The third-order valence-corrected chi connectivity index (χ3v) is 3.33. The molecule has 0 spiro atoms. The average Bonchev–Trinajstić information content (AvgIpc) is 2.42. The maximum Gasteiger partial charge on any atom is 0.354 e. The van der Waals surface area contributed by atoms with Gasteiger partial charge in [-0.05, 0) is 52.9 Å². The summed E-state index contributed by atoms with van der Waals surface area (Å²) in [5.41, 5.74) is 0.0960. The normalized spacial score (nSPS) is 10.1. The Bertz CT molecular complexity index is 688. The average molecular weight is 384 g/mol. The number of nitrogens with one attached hydrogen (secondary N) is 1. The molecule has 1 heterocycles. The van der Waals surface area contributed by atoms with Gasteiger partial charge in [-0.3, -0.25) is 4.79 Å². The topological polar surface area (TPSA) is 99.5 Å². The number of anilines is 1. The summed E-state index contributed by atoms with van der Waals surface area (Å²) in [5.74, 6) is -1.52. The highest BCUT2D eigenvalue weighted by Crippen LogP contribution is 2.21. The van der Waals surface area contributed by atoms with Gasteiger partial charge in [0.15, 0.2) is 5.69 Å². The number of halogens is 1. The van der Waals surface area contributed by atoms with E-state index in [9.17, 15) is 14.7 Å². The number of aromatic nitrogens is 1. The van der Waals surface area contributed by atoms with Crippen molar-refractivity contribution in [2.45, 2.75) is 0 Å². The fourth-order valence-electron chi connectivity index (χ4n) is 1.47. The molecule has 20 heavy (non-hydrogen) atoms. The zero-order valence-electron chi connectivity index (χ0n) is 10.0. The Balaban J connectivity index is 2.21. The number of phenols is 1. The fourth-order valence-corrected chi connectivity index (χ4v) is 1.80. The van der Waals surface area contributed by atoms with Gasteiger partial charge in [0.05, 0.1) is 3.57 Å². The minimum Gasteiger partial charge on any atom is -0.507 e. The van der Waals surface area contributed by atoms with Gasteiger partial charge < -0.3 is 15.5 Å². The third-order valence-electron chi connectivity index (χ3n) is 2.42. The number of nitrogens with zero attached hydrogens (tertiary/aromatic N) is 1. The first kappa shape index (κ1) is 14.3. The lowest BCUT2D eigenvalue weighted by atomic mass is 10.2. The number of phenolic OH excluding ortho intramolecular Hbond substituents is 1. The molecule has 7 heteroatoms. The zero-order chi connectivity index (χ0) is 14.7. The molecule has 0 atom stereocenters. The molecule has 0 aliphatic rings. The number of amides is 1. The van der Waals surface area contributed by atoms with Crippen molar-refractivity contribution in [3.63, 3.8) is 0 Å². The van der Waals surface area contributed by atoms with Crippen LogP contribution in [0.25, 0.3) is 0 Å². The van der Waals surface area contributed by atoms with Crippen LogP contribution in [0.4, 0.5) is 5.82 Å². The van der Waals surface area contributed by atoms with Gasteiger partial charge in [0.1, 0.15) is 11.6 Å². The molecule has 2 rings (SSSR count). The number of carbonyl (C=O) groups is 2. The predicted octanol–water partition coefficient (Wildman–Crippen LogP) is 2.34. The summed E-state index contributed by atoms with van der Waals surface area (Å²) in [5, 5.41) is 20.8. The number of carbonyl (C=O) groups excluding carboxylic acids is 1. The first-order valence-corrected chi connectivity index (χ1v) is 6.55. The molecule has 102 valence electrons. The molecule has 0 unspecified atom stereocenters. The van der Waals surface area contributed by atoms with Crippen molar-refractivity contribution < 1.29 is 19.8 Å². The molecular weight excluding hydrogens is 375 g/mol. The number of rotatable bonds is 3. The van der Waals surface area contributed by atoms with E-state index in [1.807, 2.05) is 22.6 Å². The molecule has 0 aliphatic carbocycles. The summed E-state index contributed by atoms with van der Waals surface area (Å²) in [4.78, 5) is 26.5. The van der Waals surface area contributed by atoms with Gasteiger partial charge in [0.25, 0.3) is 5.91 Å². The second-order valence-corrected chi connectivity index (χ2v) is 5.00. The molecule has 2 aromatic rings. The van der Waals surface area contributed by atoms with Gasteiger partial charge in [-0.2, -0.15) is 0 Å². The highest BCUT2D eigenvalue weighted by atomic mass is 127. The summed E-state index contributed by atoms with van der Waals surface area (Å²) in [6.07, 6.45) is 0. The highest BCUT2D eigenvalue weighted by Gasteiger charge is 2.11. The molecule has 0 bridgehead atoms. The summed E-state index contributed by atoms with van der Waals surface area (Å²) in [7, 11) is 0. The molecule has 6 nitrogen and oxygen atoms in total. The molecule has 0 aliphatic heterocycles. The van der Waals surface area contributed by atoms with E-state index < -0.39 is 11.9 Å². The molecule has 3 N–H and O–H groups in total. The Labute approximate surface area is 127 Å². The Kier molecular flexibility index (Phi) is 4.18. The maximum absolute atomic E-state index is 11.9. The maximum atomic E-state index is 11.9. The van der Waals surface area contributed by atoms with Crippen molar-refractivity contribution in [1.82, 2.24) is 4.98 Å².